The van der Waals surface area contributed by atoms with E-state index in [2.05, 4.69) is 74.6 Å². The molecule has 0 aromatic carbocycles. The Morgan fingerprint density at radius 2 is 0.952 bits per heavy atom. The number of esters is 2. The smallest absolute Gasteiger partial charge is 0.462 e. The summed E-state index contributed by atoms with van der Waals surface area (Å²) in [6.07, 6.45) is 35.0. The Hall–Kier alpha value is -2.97. The molecule has 0 saturated heterocycles. The number of aliphatic hydroxyl groups is 5. The molecule has 8 atom stereocenters. The van der Waals surface area contributed by atoms with Crippen LogP contribution >= 0.6 is 7.82 Å². The Bertz CT molecular complexity index is 1400. The number of aliphatic hydroxyl groups excluding tert-OH is 5. The van der Waals surface area contributed by atoms with Gasteiger partial charge in [-0.2, -0.15) is 0 Å². The summed E-state index contributed by atoms with van der Waals surface area (Å²) in [5.74, 6) is -1.14. The molecule has 1 fully saturated rings. The molecule has 6 N–H and O–H groups in total. The second-order valence-corrected chi connectivity index (χ2v) is 17.0. The van der Waals surface area contributed by atoms with Crippen molar-refractivity contribution in [2.75, 3.05) is 13.2 Å². The number of allylic oxidation sites excluding steroid dienone is 14. The lowest BCUT2D eigenvalue weighted by molar-refractivity contribution is -0.220. The Labute approximate surface area is 371 Å². The van der Waals surface area contributed by atoms with Crippen molar-refractivity contribution in [3.8, 4) is 0 Å². The average molecular weight is 895 g/mol. The minimum absolute atomic E-state index is 0.0662. The van der Waals surface area contributed by atoms with Gasteiger partial charge in [0, 0.05) is 12.8 Å². The fourth-order valence-electron chi connectivity index (χ4n) is 6.39. The van der Waals surface area contributed by atoms with Crippen LogP contribution in [0, 0.1) is 0 Å². The fraction of sp³-hybridized carbons (Fsp3) is 0.667. The van der Waals surface area contributed by atoms with Gasteiger partial charge in [0.2, 0.25) is 0 Å². The van der Waals surface area contributed by atoms with Crippen LogP contribution in [0.5, 0.6) is 0 Å². The van der Waals surface area contributed by atoms with Crippen molar-refractivity contribution in [2.24, 2.45) is 0 Å². The Morgan fingerprint density at radius 3 is 1.50 bits per heavy atom. The van der Waals surface area contributed by atoms with Gasteiger partial charge in [0.25, 0.3) is 0 Å². The number of ether oxygens (including phenoxy) is 2. The van der Waals surface area contributed by atoms with Gasteiger partial charge in [0.05, 0.1) is 6.61 Å². The molecule has 1 rings (SSSR count). The number of carbonyl (C=O) groups is 2. The van der Waals surface area contributed by atoms with Crippen LogP contribution in [0.25, 0.3) is 0 Å². The van der Waals surface area contributed by atoms with Crippen molar-refractivity contribution in [2.45, 2.75) is 191 Å². The third kappa shape index (κ3) is 29.4. The number of rotatable bonds is 36. The van der Waals surface area contributed by atoms with Crippen molar-refractivity contribution in [1.29, 1.82) is 0 Å². The van der Waals surface area contributed by atoms with Crippen molar-refractivity contribution in [3.05, 3.63) is 85.1 Å². The maximum Gasteiger partial charge on any atom is 0.472 e. The van der Waals surface area contributed by atoms with Crippen LogP contribution < -0.4 is 0 Å². The van der Waals surface area contributed by atoms with E-state index in [0.717, 1.165) is 109 Å². The molecule has 1 aliphatic rings. The first-order chi connectivity index (χ1) is 29.9. The minimum atomic E-state index is -5.13. The zero-order chi connectivity index (χ0) is 45.7. The first-order valence-corrected chi connectivity index (χ1v) is 24.4. The SMILES string of the molecule is CC/C=C/C=C/C=C/CCCCCCCC(=O)OC(COC(=O)CCCCCCCCC/C=C/C/C=C/C/C=C/C/C=C/CC)COP(=O)(O)OC1C(O)C(O)C(O)[C@H](O)C1O. The van der Waals surface area contributed by atoms with E-state index in [1.807, 2.05) is 24.3 Å². The number of hydrogen-bond acceptors (Lipinski definition) is 12. The molecular weight excluding hydrogens is 815 g/mol. The summed E-state index contributed by atoms with van der Waals surface area (Å²) in [4.78, 5) is 35.7. The van der Waals surface area contributed by atoms with Gasteiger partial charge >= 0.3 is 19.8 Å². The molecule has 0 heterocycles. The predicted octanol–water partition coefficient (Wildman–Crippen LogP) is 8.89. The number of unbranched alkanes of at least 4 members (excludes halogenated alkanes) is 12. The van der Waals surface area contributed by atoms with Crippen molar-refractivity contribution < 1.29 is 63.1 Å². The molecule has 0 amide bonds. The second-order valence-electron chi connectivity index (χ2n) is 15.6. The molecule has 14 heteroatoms. The van der Waals surface area contributed by atoms with Crippen LogP contribution in [0.2, 0.25) is 0 Å². The van der Waals surface area contributed by atoms with Crippen LogP contribution in [-0.2, 0) is 32.7 Å². The summed E-state index contributed by atoms with van der Waals surface area (Å²) < 4.78 is 33.5. The van der Waals surface area contributed by atoms with Gasteiger partial charge in [-0.25, -0.2) is 4.57 Å². The monoisotopic (exact) mass is 895 g/mol. The summed E-state index contributed by atoms with van der Waals surface area (Å²) in [6.45, 7) is 3.01. The maximum atomic E-state index is 12.8. The minimum Gasteiger partial charge on any atom is -0.462 e. The van der Waals surface area contributed by atoms with E-state index in [0.29, 0.717) is 12.8 Å². The Morgan fingerprint density at radius 1 is 0.516 bits per heavy atom. The van der Waals surface area contributed by atoms with Crippen LogP contribution in [0.15, 0.2) is 85.1 Å². The number of phosphoric ester groups is 1. The summed E-state index contributed by atoms with van der Waals surface area (Å²) in [5, 5.41) is 50.1. The van der Waals surface area contributed by atoms with Crippen LogP contribution in [-0.4, -0.2) is 98.3 Å². The molecule has 62 heavy (non-hydrogen) atoms. The van der Waals surface area contributed by atoms with E-state index in [1.54, 1.807) is 0 Å². The largest absolute Gasteiger partial charge is 0.472 e. The van der Waals surface area contributed by atoms with Gasteiger partial charge in [0.15, 0.2) is 6.10 Å². The second kappa shape index (κ2) is 37.4. The van der Waals surface area contributed by atoms with Crippen LogP contribution in [0.3, 0.4) is 0 Å². The molecular formula is C48H79O13P. The molecule has 0 aromatic rings. The number of carbonyl (C=O) groups excluding carboxylic acids is 2. The molecule has 13 nitrogen and oxygen atoms in total. The van der Waals surface area contributed by atoms with E-state index < -0.39 is 75.7 Å². The van der Waals surface area contributed by atoms with Gasteiger partial charge in [-0.3, -0.25) is 18.6 Å². The molecule has 354 valence electrons. The lowest BCUT2D eigenvalue weighted by Gasteiger charge is -2.41. The molecule has 0 aliphatic heterocycles. The zero-order valence-electron chi connectivity index (χ0n) is 37.4. The summed E-state index contributed by atoms with van der Waals surface area (Å²) in [7, 11) is -5.13. The highest BCUT2D eigenvalue weighted by Gasteiger charge is 2.51. The van der Waals surface area contributed by atoms with E-state index in [-0.39, 0.29) is 12.8 Å². The number of phosphoric acid groups is 1. The van der Waals surface area contributed by atoms with E-state index >= 15 is 0 Å². The normalized spacial score (nSPS) is 22.6. The molecule has 1 aliphatic carbocycles. The van der Waals surface area contributed by atoms with Crippen molar-refractivity contribution in [1.82, 2.24) is 0 Å². The number of hydrogen-bond donors (Lipinski definition) is 6. The average Bonchev–Trinajstić information content (AvgIpc) is 3.25. The molecule has 1 saturated carbocycles. The lowest BCUT2D eigenvalue weighted by Crippen LogP contribution is -2.64. The first kappa shape index (κ1) is 57.0. The van der Waals surface area contributed by atoms with E-state index in [4.69, 9.17) is 18.5 Å². The molecule has 7 unspecified atom stereocenters. The van der Waals surface area contributed by atoms with E-state index in [9.17, 15) is 44.6 Å². The molecule has 0 radical (unpaired) electrons. The first-order valence-electron chi connectivity index (χ1n) is 22.9. The standard InChI is InChI=1S/C48H79O13P/c1-3-5-7-9-11-13-15-17-18-19-20-21-22-23-25-26-28-30-32-34-36-41(49)58-38-40(39-59-62(56,57)61-48-46(54)44(52)43(51)45(53)47(48)55)60-42(50)37-35-33-31-29-27-24-16-14-12-10-8-6-4-2/h5-8,10-14,16-18,20-21,40,43-48,51-55H,3-4,9,15,19,22-39H2,1-2H3,(H,56,57)/b7-5+,8-6+,12-10+,13-11+,16-14+,18-17+,21-20+/t40?,43?,44-,45?,46?,47?,48?/m0/s1. The van der Waals surface area contributed by atoms with Crippen LogP contribution in [0.1, 0.15) is 149 Å². The quantitative estimate of drug-likeness (QED) is 0.0114. The third-order valence-electron chi connectivity index (χ3n) is 10.0. The van der Waals surface area contributed by atoms with Gasteiger partial charge < -0.3 is 39.9 Å². The van der Waals surface area contributed by atoms with Gasteiger partial charge in [-0.05, 0) is 70.6 Å². The van der Waals surface area contributed by atoms with Crippen molar-refractivity contribution in [3.63, 3.8) is 0 Å². The Balaban J connectivity index is 2.45. The summed E-state index contributed by atoms with van der Waals surface area (Å²) in [5.41, 5.74) is 0. The van der Waals surface area contributed by atoms with E-state index in [1.165, 1.54) is 0 Å². The lowest BCUT2D eigenvalue weighted by atomic mass is 9.85. The third-order valence-corrected chi connectivity index (χ3v) is 11.0. The highest BCUT2D eigenvalue weighted by Crippen LogP contribution is 2.47. The molecule has 0 aromatic heterocycles. The highest BCUT2D eigenvalue weighted by molar-refractivity contribution is 7.47. The summed E-state index contributed by atoms with van der Waals surface area (Å²) in [6, 6.07) is 0. The fourth-order valence-corrected chi connectivity index (χ4v) is 7.37. The molecule has 0 bridgehead atoms. The Kier molecular flexibility index (Phi) is 34.4. The van der Waals surface area contributed by atoms with Gasteiger partial charge in [0.1, 0.15) is 43.2 Å². The topological polar surface area (TPSA) is 210 Å². The summed E-state index contributed by atoms with van der Waals surface area (Å²) >= 11 is 0. The van der Waals surface area contributed by atoms with Crippen LogP contribution in [0.4, 0.5) is 0 Å². The highest BCUT2D eigenvalue weighted by atomic mass is 31.2. The zero-order valence-corrected chi connectivity index (χ0v) is 38.3. The van der Waals surface area contributed by atoms with Gasteiger partial charge in [-0.1, -0.05) is 150 Å². The maximum absolute atomic E-state index is 12.8. The predicted molar refractivity (Wildman–Crippen MR) is 244 cm³/mol. The van der Waals surface area contributed by atoms with Gasteiger partial charge in [-0.15, -0.1) is 0 Å². The molecule has 0 spiro atoms. The van der Waals surface area contributed by atoms with Crippen molar-refractivity contribution >= 4 is 19.8 Å².